The second kappa shape index (κ2) is 13.5. The standard InChI is InChI=1S/C20H26FN3O.HI/c1-22-20(24-16-18-10-5-6-11-19(18)21)23-13-7-14-25-15-12-17-8-3-2-4-9-17;/h2-6,8-11H,7,12-16H2,1H3,(H2,22,23,24);1H. The van der Waals surface area contributed by atoms with Gasteiger partial charge in [-0.15, -0.1) is 24.0 Å². The molecule has 2 N–H and O–H groups in total. The van der Waals surface area contributed by atoms with Crippen molar-refractivity contribution in [2.45, 2.75) is 19.4 Å². The van der Waals surface area contributed by atoms with Gasteiger partial charge in [0.05, 0.1) is 6.61 Å². The molecular weight excluding hydrogens is 444 g/mol. The van der Waals surface area contributed by atoms with Gasteiger partial charge in [-0.1, -0.05) is 48.5 Å². The third-order valence-electron chi connectivity index (χ3n) is 3.76. The van der Waals surface area contributed by atoms with Crippen LogP contribution in [0.2, 0.25) is 0 Å². The molecule has 4 nitrogen and oxygen atoms in total. The zero-order valence-corrected chi connectivity index (χ0v) is 17.4. The van der Waals surface area contributed by atoms with Crippen molar-refractivity contribution in [1.82, 2.24) is 10.6 Å². The Morgan fingerprint density at radius 1 is 1.00 bits per heavy atom. The highest BCUT2D eigenvalue weighted by Gasteiger charge is 2.02. The van der Waals surface area contributed by atoms with E-state index in [1.807, 2.05) is 24.3 Å². The summed E-state index contributed by atoms with van der Waals surface area (Å²) in [5.74, 6) is 0.449. The van der Waals surface area contributed by atoms with Crippen LogP contribution in [0.5, 0.6) is 0 Å². The second-order valence-electron chi connectivity index (χ2n) is 5.65. The smallest absolute Gasteiger partial charge is 0.191 e. The Morgan fingerprint density at radius 2 is 1.73 bits per heavy atom. The summed E-state index contributed by atoms with van der Waals surface area (Å²) in [5.41, 5.74) is 1.91. The highest BCUT2D eigenvalue weighted by atomic mass is 127. The molecule has 0 aromatic heterocycles. The average Bonchev–Trinajstić information content (AvgIpc) is 2.65. The zero-order valence-electron chi connectivity index (χ0n) is 15.1. The molecule has 142 valence electrons. The lowest BCUT2D eigenvalue weighted by molar-refractivity contribution is 0.135. The minimum Gasteiger partial charge on any atom is -0.381 e. The van der Waals surface area contributed by atoms with Crippen LogP contribution in [0.15, 0.2) is 59.6 Å². The van der Waals surface area contributed by atoms with Crippen molar-refractivity contribution in [3.05, 3.63) is 71.5 Å². The quantitative estimate of drug-likeness (QED) is 0.254. The fourth-order valence-electron chi connectivity index (χ4n) is 2.36. The monoisotopic (exact) mass is 471 g/mol. The van der Waals surface area contributed by atoms with Crippen molar-refractivity contribution in [3.8, 4) is 0 Å². The molecule has 0 spiro atoms. The third-order valence-corrected chi connectivity index (χ3v) is 3.76. The van der Waals surface area contributed by atoms with Gasteiger partial charge in [-0.2, -0.15) is 0 Å². The lowest BCUT2D eigenvalue weighted by Crippen LogP contribution is -2.37. The molecule has 0 aliphatic rings. The molecule has 2 aromatic rings. The van der Waals surface area contributed by atoms with Crippen LogP contribution in [0.1, 0.15) is 17.5 Å². The fraction of sp³-hybridized carbons (Fsp3) is 0.350. The summed E-state index contributed by atoms with van der Waals surface area (Å²) < 4.78 is 19.2. The van der Waals surface area contributed by atoms with Gasteiger partial charge in [0, 0.05) is 32.3 Å². The number of ether oxygens (including phenoxy) is 1. The number of aliphatic imine (C=N–C) groups is 1. The first-order valence-electron chi connectivity index (χ1n) is 8.59. The van der Waals surface area contributed by atoms with E-state index in [4.69, 9.17) is 4.74 Å². The van der Waals surface area contributed by atoms with E-state index >= 15 is 0 Å². The molecule has 2 aromatic carbocycles. The van der Waals surface area contributed by atoms with Crippen LogP contribution >= 0.6 is 24.0 Å². The van der Waals surface area contributed by atoms with Crippen molar-refractivity contribution >= 4 is 29.9 Å². The molecule has 2 rings (SSSR count). The van der Waals surface area contributed by atoms with E-state index in [0.29, 0.717) is 24.7 Å². The SMILES string of the molecule is CN=C(NCCCOCCc1ccccc1)NCc1ccccc1F.I. The topological polar surface area (TPSA) is 45.7 Å². The predicted octanol–water partition coefficient (Wildman–Crippen LogP) is 3.76. The molecule has 0 heterocycles. The predicted molar refractivity (Wildman–Crippen MR) is 116 cm³/mol. The molecule has 0 unspecified atom stereocenters. The van der Waals surface area contributed by atoms with E-state index in [0.717, 1.165) is 26.0 Å². The molecule has 0 saturated heterocycles. The van der Waals surface area contributed by atoms with Crippen LogP contribution in [0, 0.1) is 5.82 Å². The maximum absolute atomic E-state index is 13.6. The molecule has 0 saturated carbocycles. The van der Waals surface area contributed by atoms with Crippen molar-refractivity contribution in [3.63, 3.8) is 0 Å². The zero-order chi connectivity index (χ0) is 17.7. The van der Waals surface area contributed by atoms with E-state index in [2.05, 4.69) is 27.8 Å². The molecule has 0 fully saturated rings. The molecule has 0 aliphatic heterocycles. The highest BCUT2D eigenvalue weighted by Crippen LogP contribution is 2.05. The number of hydrogen-bond donors (Lipinski definition) is 2. The largest absolute Gasteiger partial charge is 0.381 e. The summed E-state index contributed by atoms with van der Waals surface area (Å²) in [6.07, 6.45) is 1.81. The Morgan fingerprint density at radius 3 is 2.46 bits per heavy atom. The van der Waals surface area contributed by atoms with Crippen LogP contribution in [0.4, 0.5) is 4.39 Å². The lowest BCUT2D eigenvalue weighted by atomic mass is 10.2. The van der Waals surface area contributed by atoms with Crippen LogP contribution in [0.25, 0.3) is 0 Å². The van der Waals surface area contributed by atoms with Gasteiger partial charge in [0.15, 0.2) is 5.96 Å². The summed E-state index contributed by atoms with van der Waals surface area (Å²) in [6, 6.07) is 17.0. The lowest BCUT2D eigenvalue weighted by Gasteiger charge is -2.12. The molecular formula is C20H27FIN3O. The molecule has 0 aliphatic carbocycles. The molecule has 0 radical (unpaired) electrons. The average molecular weight is 471 g/mol. The Balaban J connectivity index is 0.00000338. The number of nitrogens with zero attached hydrogens (tertiary/aromatic N) is 1. The van der Waals surface area contributed by atoms with Crippen molar-refractivity contribution in [2.24, 2.45) is 4.99 Å². The van der Waals surface area contributed by atoms with Crippen molar-refractivity contribution in [2.75, 3.05) is 26.8 Å². The van der Waals surface area contributed by atoms with Gasteiger partial charge in [-0.3, -0.25) is 4.99 Å². The van der Waals surface area contributed by atoms with Gasteiger partial charge >= 0.3 is 0 Å². The van der Waals surface area contributed by atoms with E-state index in [1.54, 1.807) is 19.2 Å². The normalized spacial score (nSPS) is 10.9. The number of nitrogens with one attached hydrogen (secondary N) is 2. The van der Waals surface area contributed by atoms with Gasteiger partial charge in [0.1, 0.15) is 5.82 Å². The van der Waals surface area contributed by atoms with Crippen LogP contribution < -0.4 is 10.6 Å². The summed E-state index contributed by atoms with van der Waals surface area (Å²) in [6.45, 7) is 2.58. The van der Waals surface area contributed by atoms with Crippen LogP contribution in [-0.2, 0) is 17.7 Å². The highest BCUT2D eigenvalue weighted by molar-refractivity contribution is 14.0. The first-order valence-corrected chi connectivity index (χ1v) is 8.59. The minimum absolute atomic E-state index is 0. The summed E-state index contributed by atoms with van der Waals surface area (Å²) in [4.78, 5) is 4.14. The number of guanidine groups is 1. The van der Waals surface area contributed by atoms with Gasteiger partial charge in [-0.05, 0) is 24.5 Å². The summed E-state index contributed by atoms with van der Waals surface area (Å²) >= 11 is 0. The maximum atomic E-state index is 13.6. The van der Waals surface area contributed by atoms with Crippen molar-refractivity contribution < 1.29 is 9.13 Å². The number of benzene rings is 2. The van der Waals surface area contributed by atoms with E-state index in [9.17, 15) is 4.39 Å². The van der Waals surface area contributed by atoms with Gasteiger partial charge in [0.25, 0.3) is 0 Å². The first-order chi connectivity index (χ1) is 12.3. The third kappa shape index (κ3) is 8.62. The Kier molecular flexibility index (Phi) is 11.6. The Hall–Kier alpha value is -1.67. The minimum atomic E-state index is -0.211. The molecule has 0 atom stereocenters. The van der Waals surface area contributed by atoms with Gasteiger partial charge in [-0.25, -0.2) is 4.39 Å². The van der Waals surface area contributed by atoms with Gasteiger partial charge in [0.2, 0.25) is 0 Å². The second-order valence-corrected chi connectivity index (χ2v) is 5.65. The number of halogens is 2. The molecule has 0 bridgehead atoms. The first kappa shape index (κ1) is 22.4. The Bertz CT molecular complexity index is 653. The molecule has 6 heteroatoms. The summed E-state index contributed by atoms with van der Waals surface area (Å²) in [5, 5.41) is 6.31. The van der Waals surface area contributed by atoms with Crippen LogP contribution in [0.3, 0.4) is 0 Å². The number of rotatable bonds is 9. The number of hydrogen-bond acceptors (Lipinski definition) is 2. The maximum Gasteiger partial charge on any atom is 0.191 e. The fourth-order valence-corrected chi connectivity index (χ4v) is 2.36. The van der Waals surface area contributed by atoms with Crippen molar-refractivity contribution in [1.29, 1.82) is 0 Å². The van der Waals surface area contributed by atoms with E-state index in [1.165, 1.54) is 11.6 Å². The van der Waals surface area contributed by atoms with E-state index < -0.39 is 0 Å². The molecule has 26 heavy (non-hydrogen) atoms. The molecule has 0 amide bonds. The Labute approximate surface area is 172 Å². The summed E-state index contributed by atoms with van der Waals surface area (Å²) in [7, 11) is 1.70. The van der Waals surface area contributed by atoms with Crippen LogP contribution in [-0.4, -0.2) is 32.8 Å². The van der Waals surface area contributed by atoms with Gasteiger partial charge < -0.3 is 15.4 Å². The van der Waals surface area contributed by atoms with E-state index in [-0.39, 0.29) is 29.8 Å².